The molecule has 0 aromatic carbocycles. The Morgan fingerprint density at radius 1 is 1.47 bits per heavy atom. The maximum atomic E-state index is 11.8. The number of carbonyl (C=O) groups is 2. The monoisotopic (exact) mass is 282 g/mol. The second-order valence-electron chi connectivity index (χ2n) is 3.80. The lowest BCUT2D eigenvalue weighted by Gasteiger charge is -1.97. The number of rotatable bonds is 3. The van der Waals surface area contributed by atoms with Gasteiger partial charge in [-0.15, -0.1) is 11.3 Å². The van der Waals surface area contributed by atoms with Crippen LogP contribution < -0.4 is 5.56 Å². The molecule has 100 valence electrons. The number of aromatic amines is 1. The van der Waals surface area contributed by atoms with E-state index in [-0.39, 0.29) is 6.42 Å². The molecule has 0 aliphatic heterocycles. The van der Waals surface area contributed by atoms with Crippen molar-refractivity contribution >= 4 is 33.5 Å². The van der Waals surface area contributed by atoms with Crippen LogP contribution in [0.15, 0.2) is 4.79 Å². The van der Waals surface area contributed by atoms with Gasteiger partial charge in [0.15, 0.2) is 0 Å². The number of methoxy groups -OCH3 is 1. The van der Waals surface area contributed by atoms with E-state index in [2.05, 4.69) is 14.7 Å². The highest BCUT2D eigenvalue weighted by Crippen LogP contribution is 2.27. The van der Waals surface area contributed by atoms with E-state index in [4.69, 9.17) is 5.11 Å². The number of ether oxygens (including phenoxy) is 1. The molecule has 0 saturated carbocycles. The maximum absolute atomic E-state index is 11.8. The molecule has 2 rings (SSSR count). The zero-order valence-corrected chi connectivity index (χ0v) is 11.0. The summed E-state index contributed by atoms with van der Waals surface area (Å²) in [7, 11) is 1.28. The summed E-state index contributed by atoms with van der Waals surface area (Å²) in [6.45, 7) is 1.69. The molecule has 2 N–H and O–H groups in total. The lowest BCUT2D eigenvalue weighted by Crippen LogP contribution is -2.15. The molecule has 0 bridgehead atoms. The van der Waals surface area contributed by atoms with Gasteiger partial charge in [0.05, 0.1) is 18.9 Å². The van der Waals surface area contributed by atoms with Gasteiger partial charge in [0.1, 0.15) is 4.83 Å². The van der Waals surface area contributed by atoms with Crippen molar-refractivity contribution in [3.63, 3.8) is 0 Å². The number of aryl methyl sites for hydroxylation is 1. The number of aromatic nitrogens is 2. The number of carbonyl (C=O) groups excluding carboxylic acids is 1. The van der Waals surface area contributed by atoms with Crippen molar-refractivity contribution in [2.45, 2.75) is 13.3 Å². The van der Waals surface area contributed by atoms with E-state index in [9.17, 15) is 14.4 Å². The SMILES string of the molecule is COC(=O)Cc1sc2nc(C(=O)O)[nH]c(=O)c2c1C. The van der Waals surface area contributed by atoms with Crippen molar-refractivity contribution in [3.05, 3.63) is 26.6 Å². The predicted molar refractivity (Wildman–Crippen MR) is 67.7 cm³/mol. The smallest absolute Gasteiger partial charge is 0.372 e. The van der Waals surface area contributed by atoms with Crippen molar-refractivity contribution in [2.75, 3.05) is 7.11 Å². The highest BCUT2D eigenvalue weighted by molar-refractivity contribution is 7.18. The van der Waals surface area contributed by atoms with E-state index < -0.39 is 23.3 Å². The van der Waals surface area contributed by atoms with Crippen LogP contribution >= 0.6 is 11.3 Å². The molecule has 19 heavy (non-hydrogen) atoms. The van der Waals surface area contributed by atoms with E-state index in [1.165, 1.54) is 7.11 Å². The number of carboxylic acid groups (broad SMARTS) is 1. The van der Waals surface area contributed by atoms with Crippen LogP contribution in [-0.2, 0) is 16.0 Å². The summed E-state index contributed by atoms with van der Waals surface area (Å²) in [6.07, 6.45) is 0.0329. The van der Waals surface area contributed by atoms with Gasteiger partial charge in [-0.05, 0) is 12.5 Å². The lowest BCUT2D eigenvalue weighted by molar-refractivity contribution is -0.139. The van der Waals surface area contributed by atoms with Crippen molar-refractivity contribution in [2.24, 2.45) is 0 Å². The van der Waals surface area contributed by atoms with Crippen LogP contribution in [0.4, 0.5) is 0 Å². The number of carboxylic acids is 1. The Morgan fingerprint density at radius 3 is 2.74 bits per heavy atom. The topological polar surface area (TPSA) is 109 Å². The molecule has 0 unspecified atom stereocenters. The summed E-state index contributed by atoms with van der Waals surface area (Å²) in [4.78, 5) is 40.9. The average Bonchev–Trinajstić information content (AvgIpc) is 2.66. The Kier molecular flexibility index (Phi) is 3.34. The minimum Gasteiger partial charge on any atom is -0.475 e. The fraction of sp³-hybridized carbons (Fsp3) is 0.273. The van der Waals surface area contributed by atoms with Crippen LogP contribution in [0.2, 0.25) is 0 Å². The minimum absolute atomic E-state index is 0.0329. The van der Waals surface area contributed by atoms with E-state index in [0.717, 1.165) is 11.3 Å². The van der Waals surface area contributed by atoms with Gasteiger partial charge in [-0.3, -0.25) is 9.59 Å². The average molecular weight is 282 g/mol. The van der Waals surface area contributed by atoms with E-state index in [0.29, 0.717) is 20.7 Å². The molecule has 0 aliphatic rings. The van der Waals surface area contributed by atoms with E-state index in [1.807, 2.05) is 0 Å². The van der Waals surface area contributed by atoms with Crippen LogP contribution in [0.3, 0.4) is 0 Å². The molecule has 0 amide bonds. The molecular formula is C11H10N2O5S. The molecule has 2 aromatic rings. The third kappa shape index (κ3) is 2.34. The molecule has 0 aliphatic carbocycles. The first kappa shape index (κ1) is 13.2. The summed E-state index contributed by atoms with van der Waals surface area (Å²) in [6, 6.07) is 0. The zero-order valence-electron chi connectivity index (χ0n) is 10.1. The van der Waals surface area contributed by atoms with Crippen LogP contribution in [0.25, 0.3) is 10.2 Å². The number of fused-ring (bicyclic) bond motifs is 1. The highest BCUT2D eigenvalue weighted by atomic mass is 32.1. The molecule has 0 atom stereocenters. The summed E-state index contributed by atoms with van der Waals surface area (Å²) in [5.41, 5.74) is 0.100. The van der Waals surface area contributed by atoms with Gasteiger partial charge in [-0.1, -0.05) is 0 Å². The van der Waals surface area contributed by atoms with Gasteiger partial charge >= 0.3 is 11.9 Å². The maximum Gasteiger partial charge on any atom is 0.372 e. The molecule has 0 radical (unpaired) electrons. The number of H-pyrrole nitrogens is 1. The Bertz CT molecular complexity index is 730. The molecule has 0 spiro atoms. The third-order valence-corrected chi connectivity index (χ3v) is 3.82. The van der Waals surface area contributed by atoms with Crippen LogP contribution in [0.1, 0.15) is 21.1 Å². The largest absolute Gasteiger partial charge is 0.475 e. The Morgan fingerprint density at radius 2 is 2.16 bits per heavy atom. The Balaban J connectivity index is 2.63. The van der Waals surface area contributed by atoms with Crippen LogP contribution in [0.5, 0.6) is 0 Å². The molecule has 8 heteroatoms. The Labute approximate surface area is 110 Å². The number of hydrogen-bond donors (Lipinski definition) is 2. The van der Waals surface area contributed by atoms with Crippen molar-refractivity contribution in [1.82, 2.24) is 9.97 Å². The van der Waals surface area contributed by atoms with Crippen LogP contribution in [0, 0.1) is 6.92 Å². The number of hydrogen-bond acceptors (Lipinski definition) is 6. The molecule has 7 nitrogen and oxygen atoms in total. The molecule has 2 aromatic heterocycles. The fourth-order valence-electron chi connectivity index (χ4n) is 1.66. The van der Waals surface area contributed by atoms with Gasteiger partial charge in [-0.2, -0.15) is 0 Å². The number of aromatic carboxylic acids is 1. The minimum atomic E-state index is -1.31. The summed E-state index contributed by atoms with van der Waals surface area (Å²) in [5.74, 6) is -2.15. The van der Waals surface area contributed by atoms with Gasteiger partial charge in [-0.25, -0.2) is 9.78 Å². The first-order valence-corrected chi connectivity index (χ1v) is 6.08. The van der Waals surface area contributed by atoms with Gasteiger partial charge in [0.25, 0.3) is 5.56 Å². The quantitative estimate of drug-likeness (QED) is 0.802. The predicted octanol–water partition coefficient (Wildman–Crippen LogP) is 0.707. The van der Waals surface area contributed by atoms with Gasteiger partial charge < -0.3 is 14.8 Å². The van der Waals surface area contributed by atoms with E-state index in [1.54, 1.807) is 6.92 Å². The number of nitrogens with zero attached hydrogens (tertiary/aromatic N) is 1. The normalized spacial score (nSPS) is 10.6. The fourth-order valence-corrected chi connectivity index (χ4v) is 2.83. The first-order valence-electron chi connectivity index (χ1n) is 5.26. The highest BCUT2D eigenvalue weighted by Gasteiger charge is 2.18. The van der Waals surface area contributed by atoms with Gasteiger partial charge in [0.2, 0.25) is 5.82 Å². The number of nitrogens with one attached hydrogen (secondary N) is 1. The first-order chi connectivity index (χ1) is 8.93. The van der Waals surface area contributed by atoms with Crippen molar-refractivity contribution in [1.29, 1.82) is 0 Å². The molecular weight excluding hydrogens is 272 g/mol. The lowest BCUT2D eigenvalue weighted by atomic mass is 10.2. The zero-order chi connectivity index (χ0) is 14.2. The second kappa shape index (κ2) is 4.81. The van der Waals surface area contributed by atoms with Crippen molar-refractivity contribution < 1.29 is 19.4 Å². The summed E-state index contributed by atoms with van der Waals surface area (Å²) in [5, 5.41) is 9.14. The standard InChI is InChI=1S/C11H10N2O5S/c1-4-5(3-6(14)18-2)19-10-7(4)9(15)12-8(13-10)11(16)17/h3H2,1-2H3,(H,16,17)(H,12,13,15). The summed E-state index contributed by atoms with van der Waals surface area (Å²) < 4.78 is 4.56. The number of esters is 1. The molecule has 0 saturated heterocycles. The molecule has 2 heterocycles. The van der Waals surface area contributed by atoms with Gasteiger partial charge in [0, 0.05) is 4.88 Å². The third-order valence-electron chi connectivity index (χ3n) is 2.63. The Hall–Kier alpha value is -2.22. The molecule has 0 fully saturated rings. The van der Waals surface area contributed by atoms with E-state index >= 15 is 0 Å². The second-order valence-corrected chi connectivity index (χ2v) is 4.89. The van der Waals surface area contributed by atoms with Crippen LogP contribution in [-0.4, -0.2) is 34.1 Å². The van der Waals surface area contributed by atoms with Crippen molar-refractivity contribution in [3.8, 4) is 0 Å². The number of thiophene rings is 1. The summed E-state index contributed by atoms with van der Waals surface area (Å²) >= 11 is 1.12.